The van der Waals surface area contributed by atoms with Crippen molar-refractivity contribution in [2.75, 3.05) is 16.8 Å². The Morgan fingerprint density at radius 2 is 2.20 bits per heavy atom. The summed E-state index contributed by atoms with van der Waals surface area (Å²) in [5, 5.41) is 17.8. The fourth-order valence-corrected chi connectivity index (χ4v) is 4.01. The maximum Gasteiger partial charge on any atom is 0.257 e. The second-order valence-electron chi connectivity index (χ2n) is 4.81. The van der Waals surface area contributed by atoms with Crippen LogP contribution in [0.5, 0.6) is 0 Å². The Bertz CT molecular complexity index is 637. The smallest absolute Gasteiger partial charge is 0.257 e. The van der Waals surface area contributed by atoms with Gasteiger partial charge < -0.3 is 10.4 Å². The molecule has 1 atom stereocenters. The summed E-state index contributed by atoms with van der Waals surface area (Å²) in [6.07, 6.45) is 0.386. The largest absolute Gasteiger partial charge is 0.379 e. The van der Waals surface area contributed by atoms with Crippen LogP contribution in [0.25, 0.3) is 0 Å². The topological polar surface area (TPSA) is 109 Å². The van der Waals surface area contributed by atoms with Gasteiger partial charge in [-0.15, -0.1) is 0 Å². The molecule has 20 heavy (non-hydrogen) atoms. The summed E-state index contributed by atoms with van der Waals surface area (Å²) in [5.41, 5.74) is -0.590. The van der Waals surface area contributed by atoms with Crippen LogP contribution < -0.4 is 10.5 Å². The zero-order valence-corrected chi connectivity index (χ0v) is 12.6. The molecule has 2 rings (SSSR count). The van der Waals surface area contributed by atoms with E-state index in [0.717, 1.165) is 5.75 Å². The van der Waals surface area contributed by atoms with Crippen molar-refractivity contribution in [3.05, 3.63) is 23.8 Å². The van der Waals surface area contributed by atoms with Crippen LogP contribution in [0, 0.1) is 6.92 Å². The summed E-state index contributed by atoms with van der Waals surface area (Å²) in [6, 6.07) is 4.43. The Kier molecular flexibility index (Phi) is 4.10. The van der Waals surface area contributed by atoms with Gasteiger partial charge in [0.05, 0.1) is 4.90 Å². The zero-order chi connectivity index (χ0) is 15.0. The summed E-state index contributed by atoms with van der Waals surface area (Å²) in [6.45, 7) is 1.62. The van der Waals surface area contributed by atoms with Gasteiger partial charge in [-0.3, -0.25) is 4.79 Å². The molecule has 8 heteroatoms. The minimum Gasteiger partial charge on any atom is -0.379 e. The van der Waals surface area contributed by atoms with Gasteiger partial charge in [-0.2, -0.15) is 11.8 Å². The minimum atomic E-state index is -3.84. The van der Waals surface area contributed by atoms with Crippen LogP contribution in [0.3, 0.4) is 0 Å². The summed E-state index contributed by atoms with van der Waals surface area (Å²) < 4.78 is 22.8. The molecule has 0 aliphatic carbocycles. The highest BCUT2D eigenvalue weighted by atomic mass is 32.2. The molecule has 1 heterocycles. The van der Waals surface area contributed by atoms with Crippen LogP contribution in [0.1, 0.15) is 12.0 Å². The molecule has 6 nitrogen and oxygen atoms in total. The standard InChI is InChI=1S/C12H16N2O4S2/c1-8-2-3-9(6-10(8)20(13,17)18)14-11(15)12(16)4-5-19-7-12/h2-3,6,16H,4-5,7H2,1H3,(H,14,15)(H2,13,17,18). The molecule has 110 valence electrons. The number of carbonyl (C=O) groups is 1. The van der Waals surface area contributed by atoms with Gasteiger partial charge in [-0.25, -0.2) is 13.6 Å². The normalized spacial score (nSPS) is 22.8. The lowest BCUT2D eigenvalue weighted by Crippen LogP contribution is -2.42. The van der Waals surface area contributed by atoms with Crippen LogP contribution in [-0.2, 0) is 14.8 Å². The van der Waals surface area contributed by atoms with Gasteiger partial charge in [-0.05, 0) is 36.8 Å². The fraction of sp³-hybridized carbons (Fsp3) is 0.417. The molecule has 0 radical (unpaired) electrons. The lowest BCUT2D eigenvalue weighted by atomic mass is 10.0. The van der Waals surface area contributed by atoms with Crippen molar-refractivity contribution in [3.63, 3.8) is 0 Å². The number of hydrogen-bond donors (Lipinski definition) is 3. The van der Waals surface area contributed by atoms with Crippen molar-refractivity contribution in [2.45, 2.75) is 23.8 Å². The van der Waals surface area contributed by atoms with Crippen LogP contribution in [-0.4, -0.2) is 36.5 Å². The molecule has 1 aromatic carbocycles. The number of aryl methyl sites for hydroxylation is 1. The Hall–Kier alpha value is -1.09. The van der Waals surface area contributed by atoms with E-state index in [-0.39, 0.29) is 4.90 Å². The molecule has 1 amide bonds. The molecular formula is C12H16N2O4S2. The fourth-order valence-electron chi connectivity index (χ4n) is 1.97. The van der Waals surface area contributed by atoms with Crippen molar-refractivity contribution in [3.8, 4) is 0 Å². The molecule has 1 aliphatic rings. The molecule has 1 aromatic rings. The highest BCUT2D eigenvalue weighted by Crippen LogP contribution is 2.29. The molecule has 1 aliphatic heterocycles. The zero-order valence-electron chi connectivity index (χ0n) is 10.9. The number of rotatable bonds is 3. The predicted molar refractivity (Wildman–Crippen MR) is 78.1 cm³/mol. The van der Waals surface area contributed by atoms with E-state index in [0.29, 0.717) is 23.4 Å². The van der Waals surface area contributed by atoms with E-state index < -0.39 is 21.5 Å². The summed E-state index contributed by atoms with van der Waals surface area (Å²) in [5.74, 6) is 0.541. The number of benzene rings is 1. The maximum absolute atomic E-state index is 12.0. The Morgan fingerprint density at radius 1 is 1.50 bits per heavy atom. The van der Waals surface area contributed by atoms with E-state index >= 15 is 0 Å². The molecule has 0 aromatic heterocycles. The molecule has 1 fully saturated rings. The first-order chi connectivity index (χ1) is 9.22. The number of carbonyl (C=O) groups excluding carboxylic acids is 1. The number of anilines is 1. The van der Waals surface area contributed by atoms with Gasteiger partial charge in [0, 0.05) is 11.4 Å². The van der Waals surface area contributed by atoms with E-state index in [9.17, 15) is 18.3 Å². The van der Waals surface area contributed by atoms with Crippen LogP contribution in [0.4, 0.5) is 5.69 Å². The molecule has 0 saturated carbocycles. The van der Waals surface area contributed by atoms with Crippen molar-refractivity contribution in [1.29, 1.82) is 0 Å². The van der Waals surface area contributed by atoms with Gasteiger partial charge in [-0.1, -0.05) is 6.07 Å². The average Bonchev–Trinajstić information content (AvgIpc) is 2.78. The van der Waals surface area contributed by atoms with Gasteiger partial charge >= 0.3 is 0 Å². The number of nitrogens with two attached hydrogens (primary N) is 1. The van der Waals surface area contributed by atoms with Crippen molar-refractivity contribution >= 4 is 33.4 Å². The number of primary sulfonamides is 1. The Balaban J connectivity index is 2.25. The lowest BCUT2D eigenvalue weighted by molar-refractivity contribution is -0.131. The van der Waals surface area contributed by atoms with Crippen LogP contribution >= 0.6 is 11.8 Å². The lowest BCUT2D eigenvalue weighted by Gasteiger charge is -2.20. The van der Waals surface area contributed by atoms with Crippen molar-refractivity contribution in [2.24, 2.45) is 5.14 Å². The number of hydrogen-bond acceptors (Lipinski definition) is 5. The van der Waals surface area contributed by atoms with Crippen molar-refractivity contribution in [1.82, 2.24) is 0 Å². The second-order valence-corrected chi connectivity index (χ2v) is 7.45. The van der Waals surface area contributed by atoms with Gasteiger partial charge in [0.2, 0.25) is 10.0 Å². The number of nitrogens with one attached hydrogen (secondary N) is 1. The maximum atomic E-state index is 12.0. The summed E-state index contributed by atoms with van der Waals surface area (Å²) in [7, 11) is -3.84. The molecule has 0 bridgehead atoms. The minimum absolute atomic E-state index is 0.0388. The number of thioether (sulfide) groups is 1. The first-order valence-corrected chi connectivity index (χ1v) is 8.67. The van der Waals surface area contributed by atoms with Gasteiger partial charge in [0.1, 0.15) is 0 Å². The molecule has 0 spiro atoms. The third kappa shape index (κ3) is 3.14. The first kappa shape index (κ1) is 15.3. The van der Waals surface area contributed by atoms with Gasteiger partial charge in [0.15, 0.2) is 5.60 Å². The Labute approximate surface area is 121 Å². The van der Waals surface area contributed by atoms with Crippen LogP contribution in [0.2, 0.25) is 0 Å². The highest BCUT2D eigenvalue weighted by Gasteiger charge is 2.39. The Morgan fingerprint density at radius 3 is 2.75 bits per heavy atom. The predicted octanol–water partition coefficient (Wildman–Crippen LogP) is 0.449. The van der Waals surface area contributed by atoms with Crippen molar-refractivity contribution < 1.29 is 18.3 Å². The van der Waals surface area contributed by atoms with E-state index in [1.165, 1.54) is 17.8 Å². The molecule has 1 saturated heterocycles. The van der Waals surface area contributed by atoms with E-state index in [1.807, 2.05) is 0 Å². The SMILES string of the molecule is Cc1ccc(NC(=O)C2(O)CCSC2)cc1S(N)(=O)=O. The van der Waals surface area contributed by atoms with E-state index in [1.54, 1.807) is 19.1 Å². The van der Waals surface area contributed by atoms with E-state index in [2.05, 4.69) is 5.32 Å². The first-order valence-electron chi connectivity index (χ1n) is 5.97. The summed E-state index contributed by atoms with van der Waals surface area (Å²) >= 11 is 1.50. The summed E-state index contributed by atoms with van der Waals surface area (Å²) in [4.78, 5) is 12.0. The number of aliphatic hydroxyl groups is 1. The number of amides is 1. The second kappa shape index (κ2) is 5.36. The van der Waals surface area contributed by atoms with E-state index in [4.69, 9.17) is 5.14 Å². The molecular weight excluding hydrogens is 300 g/mol. The molecule has 4 N–H and O–H groups in total. The van der Waals surface area contributed by atoms with Gasteiger partial charge in [0.25, 0.3) is 5.91 Å². The van der Waals surface area contributed by atoms with Crippen LogP contribution in [0.15, 0.2) is 23.1 Å². The quantitative estimate of drug-likeness (QED) is 0.750. The monoisotopic (exact) mass is 316 g/mol. The number of sulfonamides is 1. The highest BCUT2D eigenvalue weighted by molar-refractivity contribution is 7.99. The third-order valence-electron chi connectivity index (χ3n) is 3.18. The third-order valence-corrected chi connectivity index (χ3v) is 5.40. The average molecular weight is 316 g/mol. The molecule has 1 unspecified atom stereocenters.